The summed E-state index contributed by atoms with van der Waals surface area (Å²) < 4.78 is 23.8. The Balaban J connectivity index is 1.30. The summed E-state index contributed by atoms with van der Waals surface area (Å²) in [7, 11) is 0. The first-order chi connectivity index (χ1) is 22.4. The number of anilines is 1. The maximum absolute atomic E-state index is 15.3. The molecule has 47 heavy (non-hydrogen) atoms. The number of nitrogens with zero attached hydrogens (tertiary/aromatic N) is 5. The molecule has 0 saturated heterocycles. The highest BCUT2D eigenvalue weighted by Crippen LogP contribution is 2.37. The van der Waals surface area contributed by atoms with E-state index in [1.807, 2.05) is 18.2 Å². The lowest BCUT2D eigenvalue weighted by Gasteiger charge is -2.21. The first-order valence-electron chi connectivity index (χ1n) is 15.7. The normalized spacial score (nSPS) is 13.8. The van der Waals surface area contributed by atoms with Gasteiger partial charge in [0.25, 0.3) is 5.56 Å². The molecule has 0 radical (unpaired) electrons. The van der Waals surface area contributed by atoms with E-state index in [0.29, 0.717) is 28.5 Å². The number of hydrogen-bond donors (Lipinski definition) is 1. The van der Waals surface area contributed by atoms with Gasteiger partial charge in [-0.3, -0.25) is 19.9 Å². The van der Waals surface area contributed by atoms with Crippen LogP contribution < -0.4 is 10.9 Å². The van der Waals surface area contributed by atoms with Gasteiger partial charge in [-0.2, -0.15) is 5.10 Å². The molecule has 11 heteroatoms. The first kappa shape index (κ1) is 31.8. The van der Waals surface area contributed by atoms with Crippen LogP contribution in [0.5, 0.6) is 0 Å². The highest BCUT2D eigenvalue weighted by atomic mass is 19.1. The molecule has 1 N–H and O–H groups in total. The van der Waals surface area contributed by atoms with E-state index in [2.05, 4.69) is 20.4 Å². The minimum Gasteiger partial charge on any atom is -0.444 e. The molecule has 3 aromatic heterocycles. The fourth-order valence-corrected chi connectivity index (χ4v) is 5.76. The van der Waals surface area contributed by atoms with Crippen LogP contribution in [0.25, 0.3) is 16.5 Å². The van der Waals surface area contributed by atoms with Crippen molar-refractivity contribution in [2.75, 3.05) is 5.32 Å². The zero-order chi connectivity index (χ0) is 33.3. The van der Waals surface area contributed by atoms with Crippen LogP contribution in [0.1, 0.15) is 79.8 Å². The number of ether oxygens (including phenoxy) is 1. The number of amides is 1. The van der Waals surface area contributed by atoms with Crippen molar-refractivity contribution in [1.29, 1.82) is 0 Å². The summed E-state index contributed by atoms with van der Waals surface area (Å²) >= 11 is 0. The predicted octanol–water partition coefficient (Wildman–Crippen LogP) is 6.98. The fraction of sp³-hybridized carbons (Fsp3) is 0.333. The van der Waals surface area contributed by atoms with Crippen molar-refractivity contribution in [1.82, 2.24) is 24.3 Å². The third-order valence-electron chi connectivity index (χ3n) is 8.17. The molecule has 1 aliphatic rings. The second-order valence-electron chi connectivity index (χ2n) is 13.1. The van der Waals surface area contributed by atoms with Crippen LogP contribution >= 0.6 is 0 Å². The van der Waals surface area contributed by atoms with E-state index in [1.54, 1.807) is 75.1 Å². The molecule has 1 saturated carbocycles. The first-order valence-corrected chi connectivity index (χ1v) is 15.7. The average molecular weight is 637 g/mol. The number of hydrogen-bond acceptors (Lipinski definition) is 7. The molecule has 1 amide bonds. The summed E-state index contributed by atoms with van der Waals surface area (Å²) in [6.45, 7) is 7.11. The van der Waals surface area contributed by atoms with Gasteiger partial charge in [-0.05, 0) is 93.3 Å². The summed E-state index contributed by atoms with van der Waals surface area (Å²) in [5.41, 5.74) is 1.55. The van der Waals surface area contributed by atoms with Crippen molar-refractivity contribution >= 4 is 28.5 Å². The lowest BCUT2D eigenvalue weighted by atomic mass is 9.96. The number of benzene rings is 2. The third kappa shape index (κ3) is 7.45. The van der Waals surface area contributed by atoms with E-state index in [9.17, 15) is 14.4 Å². The number of aryl methyl sites for hydroxylation is 1. The largest absolute Gasteiger partial charge is 0.444 e. The zero-order valence-electron chi connectivity index (χ0n) is 26.9. The average Bonchev–Trinajstić information content (AvgIpc) is 3.76. The van der Waals surface area contributed by atoms with Crippen molar-refractivity contribution < 1.29 is 18.7 Å². The Morgan fingerprint density at radius 3 is 2.64 bits per heavy atom. The molecule has 0 bridgehead atoms. The summed E-state index contributed by atoms with van der Waals surface area (Å²) in [6, 6.07) is 13.4. The number of halogens is 1. The number of carbonyl (C=O) groups is 2. The van der Waals surface area contributed by atoms with Crippen LogP contribution in [0.2, 0.25) is 0 Å². The summed E-state index contributed by atoms with van der Waals surface area (Å²) in [6.07, 6.45) is 9.31. The van der Waals surface area contributed by atoms with Gasteiger partial charge in [0.15, 0.2) is 5.78 Å². The van der Waals surface area contributed by atoms with Crippen molar-refractivity contribution in [3.05, 3.63) is 112 Å². The van der Waals surface area contributed by atoms with Crippen LogP contribution in [0.15, 0.2) is 78.1 Å². The fourth-order valence-electron chi connectivity index (χ4n) is 5.76. The van der Waals surface area contributed by atoms with E-state index in [-0.39, 0.29) is 35.1 Å². The minimum absolute atomic E-state index is 0.202. The smallest absolute Gasteiger partial charge is 0.413 e. The Bertz CT molecular complexity index is 2020. The summed E-state index contributed by atoms with van der Waals surface area (Å²) in [5.74, 6) is 0.132. The standard InChI is InChI=1S/C36H37FN6O4/c1-22-17-31(43(41-22)27-10-8-24-13-14-39-34(28(24)20-27)40-35(46)47-36(2,3)4)32(44)19-26-18-25(9-11-29(26)37)30(12-7-23-5-6-23)42-16-15-38-21-33(42)45/h8-11,13-18,20-21,23,30H,5-7,12,19H2,1-4H3,(H,39,40,46). The van der Waals surface area contributed by atoms with E-state index in [4.69, 9.17) is 4.74 Å². The Kier molecular flexibility index (Phi) is 8.72. The van der Waals surface area contributed by atoms with Gasteiger partial charge in [0.1, 0.15) is 22.9 Å². The molecule has 1 aliphatic carbocycles. The Morgan fingerprint density at radius 2 is 1.89 bits per heavy atom. The maximum Gasteiger partial charge on any atom is 0.413 e. The molecule has 1 unspecified atom stereocenters. The number of fused-ring (bicyclic) bond motifs is 1. The third-order valence-corrected chi connectivity index (χ3v) is 8.17. The van der Waals surface area contributed by atoms with Crippen LogP contribution in [-0.4, -0.2) is 41.8 Å². The van der Waals surface area contributed by atoms with Gasteiger partial charge >= 0.3 is 6.09 Å². The lowest BCUT2D eigenvalue weighted by Crippen LogP contribution is -2.27. The van der Waals surface area contributed by atoms with Crippen LogP contribution in [-0.2, 0) is 11.2 Å². The molecule has 1 atom stereocenters. The van der Waals surface area contributed by atoms with Gasteiger partial charge < -0.3 is 9.30 Å². The monoisotopic (exact) mass is 636 g/mol. The predicted molar refractivity (Wildman–Crippen MR) is 176 cm³/mol. The summed E-state index contributed by atoms with van der Waals surface area (Å²) in [4.78, 5) is 47.4. The molecule has 242 valence electrons. The van der Waals surface area contributed by atoms with E-state index in [1.165, 1.54) is 29.8 Å². The van der Waals surface area contributed by atoms with Gasteiger partial charge in [0.05, 0.1) is 23.6 Å². The zero-order valence-corrected chi connectivity index (χ0v) is 26.9. The van der Waals surface area contributed by atoms with Gasteiger partial charge in [0, 0.05) is 30.4 Å². The highest BCUT2D eigenvalue weighted by molar-refractivity contribution is 6.00. The van der Waals surface area contributed by atoms with Crippen molar-refractivity contribution in [3.8, 4) is 5.69 Å². The second kappa shape index (κ2) is 12.9. The van der Waals surface area contributed by atoms with E-state index in [0.717, 1.165) is 23.8 Å². The van der Waals surface area contributed by atoms with Gasteiger partial charge in [-0.15, -0.1) is 0 Å². The van der Waals surface area contributed by atoms with Crippen molar-refractivity contribution in [2.24, 2.45) is 5.92 Å². The Hall–Kier alpha value is -5.19. The number of carbonyl (C=O) groups excluding carboxylic acids is 2. The number of rotatable bonds is 10. The molecule has 1 fully saturated rings. The minimum atomic E-state index is -0.685. The Labute approximate surface area is 271 Å². The van der Waals surface area contributed by atoms with Crippen LogP contribution in [0, 0.1) is 18.7 Å². The molecule has 6 rings (SSSR count). The molecular weight excluding hydrogens is 599 g/mol. The number of aromatic nitrogens is 5. The van der Waals surface area contributed by atoms with Crippen molar-refractivity contribution in [3.63, 3.8) is 0 Å². The van der Waals surface area contributed by atoms with E-state index < -0.39 is 17.5 Å². The van der Waals surface area contributed by atoms with Gasteiger partial charge in [-0.1, -0.05) is 31.0 Å². The molecular formula is C36H37FN6O4. The molecule has 0 aliphatic heterocycles. The van der Waals surface area contributed by atoms with E-state index >= 15 is 4.39 Å². The van der Waals surface area contributed by atoms with Gasteiger partial charge in [0.2, 0.25) is 0 Å². The van der Waals surface area contributed by atoms with Crippen LogP contribution in [0.4, 0.5) is 15.0 Å². The molecule has 10 nitrogen and oxygen atoms in total. The molecule has 5 aromatic rings. The number of ketones is 1. The lowest BCUT2D eigenvalue weighted by molar-refractivity contribution is 0.0635. The number of nitrogens with one attached hydrogen (secondary N) is 1. The van der Waals surface area contributed by atoms with Crippen molar-refractivity contribution in [2.45, 2.75) is 71.4 Å². The summed E-state index contributed by atoms with van der Waals surface area (Å²) in [5, 5.41) is 8.74. The van der Waals surface area contributed by atoms with Crippen LogP contribution in [0.3, 0.4) is 0 Å². The number of Topliss-reactive ketones (excluding diaryl/α,β-unsaturated/α-hetero) is 1. The molecule has 2 aromatic carbocycles. The molecule has 3 heterocycles. The number of pyridine rings is 1. The second-order valence-corrected chi connectivity index (χ2v) is 13.1. The molecule has 0 spiro atoms. The SMILES string of the molecule is Cc1cc(C(=O)Cc2cc(C(CCC3CC3)n3ccncc3=O)ccc2F)n(-c2ccc3ccnc(NC(=O)OC(C)(C)C)c3c2)n1. The Morgan fingerprint density at radius 1 is 1.09 bits per heavy atom. The topological polar surface area (TPSA) is 121 Å². The highest BCUT2D eigenvalue weighted by Gasteiger charge is 2.26. The van der Waals surface area contributed by atoms with Gasteiger partial charge in [-0.25, -0.2) is 18.9 Å². The quantitative estimate of drug-likeness (QED) is 0.164. The maximum atomic E-state index is 15.3.